The molecule has 1 aromatic rings. The van der Waals surface area contributed by atoms with Crippen molar-refractivity contribution in [2.24, 2.45) is 0 Å². The molecule has 1 aromatic carbocycles. The van der Waals surface area contributed by atoms with Gasteiger partial charge >= 0.3 is 0 Å². The molecule has 18 heavy (non-hydrogen) atoms. The number of hydrogen-bond donors (Lipinski definition) is 2. The van der Waals surface area contributed by atoms with Gasteiger partial charge in [-0.15, -0.1) is 0 Å². The van der Waals surface area contributed by atoms with Crippen LogP contribution >= 0.6 is 11.8 Å². The van der Waals surface area contributed by atoms with Crippen LogP contribution in [0.2, 0.25) is 0 Å². The van der Waals surface area contributed by atoms with Gasteiger partial charge in [0.25, 0.3) is 5.91 Å². The van der Waals surface area contributed by atoms with Gasteiger partial charge in [0.2, 0.25) is 0 Å². The number of thioether (sulfide) groups is 1. The van der Waals surface area contributed by atoms with Crippen LogP contribution in [0.4, 0.5) is 10.1 Å². The second-order valence-corrected chi connectivity index (χ2v) is 5.14. The van der Waals surface area contributed by atoms with Crippen molar-refractivity contribution in [3.05, 3.63) is 29.1 Å². The van der Waals surface area contributed by atoms with Crippen molar-refractivity contribution in [1.82, 2.24) is 5.32 Å². The van der Waals surface area contributed by atoms with Gasteiger partial charge in [0.15, 0.2) is 0 Å². The highest BCUT2D eigenvalue weighted by atomic mass is 32.2. The molecule has 0 fully saturated rings. The van der Waals surface area contributed by atoms with Gasteiger partial charge in [-0.1, -0.05) is 6.92 Å². The molecular formula is C13H19FN2OS. The maximum atomic E-state index is 13.9. The summed E-state index contributed by atoms with van der Waals surface area (Å²) in [6.07, 6.45) is 2.79. The van der Waals surface area contributed by atoms with Crippen molar-refractivity contribution in [1.29, 1.82) is 0 Å². The zero-order valence-corrected chi connectivity index (χ0v) is 11.7. The number of carbonyl (C=O) groups excluding carboxylic acids is 1. The summed E-state index contributed by atoms with van der Waals surface area (Å²) in [5, 5.41) is 2.82. The van der Waals surface area contributed by atoms with Crippen LogP contribution in [0.5, 0.6) is 0 Å². The molecule has 0 aliphatic heterocycles. The molecule has 0 spiro atoms. The van der Waals surface area contributed by atoms with Gasteiger partial charge in [-0.3, -0.25) is 4.79 Å². The summed E-state index contributed by atoms with van der Waals surface area (Å²) in [5.74, 6) is -0.0879. The number of nitrogens with one attached hydrogen (secondary N) is 1. The summed E-state index contributed by atoms with van der Waals surface area (Å²) in [4.78, 5) is 12.0. The van der Waals surface area contributed by atoms with E-state index in [2.05, 4.69) is 5.32 Å². The van der Waals surface area contributed by atoms with Gasteiger partial charge in [0.1, 0.15) is 5.82 Å². The topological polar surface area (TPSA) is 55.1 Å². The monoisotopic (exact) mass is 270 g/mol. The van der Waals surface area contributed by atoms with Gasteiger partial charge in [-0.25, -0.2) is 4.39 Å². The van der Waals surface area contributed by atoms with E-state index in [1.165, 1.54) is 12.1 Å². The van der Waals surface area contributed by atoms with Crippen LogP contribution in [0.1, 0.15) is 29.3 Å². The molecule has 0 aromatic heterocycles. The zero-order valence-electron chi connectivity index (χ0n) is 10.9. The average Bonchev–Trinajstić information content (AvgIpc) is 2.32. The van der Waals surface area contributed by atoms with Gasteiger partial charge < -0.3 is 11.1 Å². The Morgan fingerprint density at radius 1 is 1.56 bits per heavy atom. The molecule has 3 N–H and O–H groups in total. The third kappa shape index (κ3) is 3.63. The number of hydrogen-bond acceptors (Lipinski definition) is 3. The first kappa shape index (κ1) is 14.8. The van der Waals surface area contributed by atoms with Gasteiger partial charge in [-0.05, 0) is 37.3 Å². The number of nitrogens with two attached hydrogens (primary N) is 1. The van der Waals surface area contributed by atoms with E-state index in [1.54, 1.807) is 18.7 Å². The Kier molecular flexibility index (Phi) is 5.47. The van der Waals surface area contributed by atoms with E-state index in [0.717, 1.165) is 12.2 Å². The summed E-state index contributed by atoms with van der Waals surface area (Å²) in [7, 11) is 0. The lowest BCUT2D eigenvalue weighted by Crippen LogP contribution is -2.36. The van der Waals surface area contributed by atoms with Crippen molar-refractivity contribution in [2.45, 2.75) is 26.3 Å². The highest BCUT2D eigenvalue weighted by Gasteiger charge is 2.17. The van der Waals surface area contributed by atoms with Crippen molar-refractivity contribution < 1.29 is 9.18 Å². The van der Waals surface area contributed by atoms with Gasteiger partial charge in [0.05, 0.1) is 5.56 Å². The molecule has 0 bridgehead atoms. The van der Waals surface area contributed by atoms with E-state index in [9.17, 15) is 9.18 Å². The van der Waals surface area contributed by atoms with Crippen molar-refractivity contribution in [2.75, 3.05) is 17.7 Å². The molecule has 0 saturated heterocycles. The minimum absolute atomic E-state index is 0.0204. The molecule has 0 aliphatic carbocycles. The summed E-state index contributed by atoms with van der Waals surface area (Å²) < 4.78 is 13.9. The van der Waals surface area contributed by atoms with Crippen LogP contribution in [-0.2, 0) is 0 Å². The van der Waals surface area contributed by atoms with Gasteiger partial charge in [-0.2, -0.15) is 11.8 Å². The van der Waals surface area contributed by atoms with Crippen molar-refractivity contribution in [3.63, 3.8) is 0 Å². The summed E-state index contributed by atoms with van der Waals surface area (Å²) in [5.41, 5.74) is 6.44. The molecule has 0 aliphatic rings. The Hall–Kier alpha value is -1.23. The number of nitrogen functional groups attached to an aromatic ring is 1. The van der Waals surface area contributed by atoms with E-state index < -0.39 is 11.7 Å². The van der Waals surface area contributed by atoms with E-state index >= 15 is 0 Å². The van der Waals surface area contributed by atoms with Gasteiger partial charge in [0, 0.05) is 17.5 Å². The fraction of sp³-hybridized carbons (Fsp3) is 0.462. The number of carbonyl (C=O) groups is 1. The van der Waals surface area contributed by atoms with E-state index in [4.69, 9.17) is 5.73 Å². The standard InChI is InChI=1S/C13H19FN2OS/c1-4-10(7-18-3)16-13(17)11-6-9(15)5-8(2)12(11)14/h5-6,10H,4,7,15H2,1-3H3,(H,16,17). The van der Waals surface area contributed by atoms with Crippen LogP contribution in [0.15, 0.2) is 12.1 Å². The Labute approximate surface area is 111 Å². The minimum Gasteiger partial charge on any atom is -0.399 e. The summed E-state index contributed by atoms with van der Waals surface area (Å²) >= 11 is 1.65. The lowest BCUT2D eigenvalue weighted by Gasteiger charge is -2.16. The fourth-order valence-corrected chi connectivity index (χ4v) is 2.41. The van der Waals surface area contributed by atoms with Crippen LogP contribution in [0, 0.1) is 12.7 Å². The molecule has 100 valence electrons. The number of aryl methyl sites for hydroxylation is 1. The first-order chi connectivity index (χ1) is 8.49. The third-order valence-corrected chi connectivity index (χ3v) is 3.45. The highest BCUT2D eigenvalue weighted by molar-refractivity contribution is 7.98. The quantitative estimate of drug-likeness (QED) is 0.809. The van der Waals surface area contributed by atoms with E-state index in [0.29, 0.717) is 11.3 Å². The summed E-state index contributed by atoms with van der Waals surface area (Å²) in [6, 6.07) is 2.95. The average molecular weight is 270 g/mol. The minimum atomic E-state index is -0.499. The van der Waals surface area contributed by atoms with Crippen molar-refractivity contribution in [3.8, 4) is 0 Å². The number of anilines is 1. The second kappa shape index (κ2) is 6.64. The maximum Gasteiger partial charge on any atom is 0.254 e. The smallest absolute Gasteiger partial charge is 0.254 e. The fourth-order valence-electron chi connectivity index (χ4n) is 1.69. The van der Waals surface area contributed by atoms with Crippen LogP contribution in [0.25, 0.3) is 0 Å². The Balaban J connectivity index is 2.90. The van der Waals surface area contributed by atoms with Crippen molar-refractivity contribution >= 4 is 23.4 Å². The molecule has 0 radical (unpaired) electrons. The number of halogens is 1. The second-order valence-electron chi connectivity index (χ2n) is 4.23. The predicted molar refractivity (Wildman–Crippen MR) is 75.5 cm³/mol. The highest BCUT2D eigenvalue weighted by Crippen LogP contribution is 2.17. The molecule has 0 saturated carbocycles. The lowest BCUT2D eigenvalue weighted by atomic mass is 10.1. The lowest BCUT2D eigenvalue weighted by molar-refractivity contribution is 0.0936. The van der Waals surface area contributed by atoms with E-state index in [1.807, 2.05) is 13.2 Å². The number of rotatable bonds is 5. The molecule has 1 atom stereocenters. The first-order valence-electron chi connectivity index (χ1n) is 5.85. The SMILES string of the molecule is CCC(CSC)NC(=O)c1cc(N)cc(C)c1F. The largest absolute Gasteiger partial charge is 0.399 e. The van der Waals surface area contributed by atoms with Crippen LogP contribution in [-0.4, -0.2) is 24.0 Å². The molecule has 5 heteroatoms. The molecule has 3 nitrogen and oxygen atoms in total. The molecular weight excluding hydrogens is 251 g/mol. The Bertz CT molecular complexity index is 437. The number of amides is 1. The van der Waals surface area contributed by atoms with Crippen LogP contribution in [0.3, 0.4) is 0 Å². The van der Waals surface area contributed by atoms with Crippen LogP contribution < -0.4 is 11.1 Å². The Morgan fingerprint density at radius 2 is 2.22 bits per heavy atom. The summed E-state index contributed by atoms with van der Waals surface area (Å²) in [6.45, 7) is 3.59. The normalized spacial score (nSPS) is 12.2. The molecule has 1 unspecified atom stereocenters. The third-order valence-electron chi connectivity index (χ3n) is 2.72. The predicted octanol–water partition coefficient (Wildman–Crippen LogP) is 2.59. The maximum absolute atomic E-state index is 13.9. The molecule has 1 amide bonds. The zero-order chi connectivity index (χ0) is 13.7. The molecule has 0 heterocycles. The number of benzene rings is 1. The Morgan fingerprint density at radius 3 is 2.78 bits per heavy atom. The van der Waals surface area contributed by atoms with E-state index in [-0.39, 0.29) is 11.6 Å². The first-order valence-corrected chi connectivity index (χ1v) is 7.24. The molecule has 1 rings (SSSR count).